The minimum atomic E-state index is -0.515. The van der Waals surface area contributed by atoms with Crippen molar-refractivity contribution in [2.75, 3.05) is 31.5 Å². The van der Waals surface area contributed by atoms with Crippen molar-refractivity contribution in [3.63, 3.8) is 0 Å². The van der Waals surface area contributed by atoms with Crippen molar-refractivity contribution in [1.82, 2.24) is 10.2 Å². The van der Waals surface area contributed by atoms with Gasteiger partial charge in [0.15, 0.2) is 0 Å². The number of benzene rings is 2. The maximum atomic E-state index is 13.6. The van der Waals surface area contributed by atoms with Gasteiger partial charge in [0.25, 0.3) is 5.69 Å². The Labute approximate surface area is 185 Å². The summed E-state index contributed by atoms with van der Waals surface area (Å²) in [5.74, 6) is -0.803. The Bertz CT molecular complexity index is 990. The van der Waals surface area contributed by atoms with E-state index in [1.807, 2.05) is 4.90 Å². The summed E-state index contributed by atoms with van der Waals surface area (Å²) in [4.78, 5) is 37.4. The largest absolute Gasteiger partial charge is 0.356 e. The molecule has 2 aromatic carbocycles. The maximum absolute atomic E-state index is 13.6. The number of nitro benzene ring substituents is 1. The van der Waals surface area contributed by atoms with E-state index in [4.69, 9.17) is 0 Å². The van der Waals surface area contributed by atoms with Crippen molar-refractivity contribution in [1.29, 1.82) is 0 Å². The first-order chi connectivity index (χ1) is 15.3. The summed E-state index contributed by atoms with van der Waals surface area (Å²) < 4.78 is 13.6. The average molecular weight is 442 g/mol. The van der Waals surface area contributed by atoms with E-state index in [-0.39, 0.29) is 41.5 Å². The minimum absolute atomic E-state index is 0.0549. The highest BCUT2D eigenvalue weighted by atomic mass is 19.1. The predicted molar refractivity (Wildman–Crippen MR) is 119 cm³/mol. The smallest absolute Gasteiger partial charge is 0.293 e. The first-order valence-corrected chi connectivity index (χ1v) is 10.6. The van der Waals surface area contributed by atoms with Gasteiger partial charge < -0.3 is 10.6 Å². The van der Waals surface area contributed by atoms with Gasteiger partial charge in [0.1, 0.15) is 11.5 Å². The normalized spacial score (nSPS) is 14.7. The molecule has 0 aromatic heterocycles. The van der Waals surface area contributed by atoms with E-state index in [1.165, 1.54) is 18.2 Å². The Kier molecular flexibility index (Phi) is 7.88. The van der Waals surface area contributed by atoms with Gasteiger partial charge in [0.05, 0.1) is 11.5 Å². The number of hydrogen-bond acceptors (Lipinski definition) is 5. The highest BCUT2D eigenvalue weighted by Gasteiger charge is 2.26. The number of halogens is 1. The van der Waals surface area contributed by atoms with Crippen LogP contribution in [0.3, 0.4) is 0 Å². The molecule has 1 heterocycles. The Morgan fingerprint density at radius 3 is 2.59 bits per heavy atom. The van der Waals surface area contributed by atoms with Crippen molar-refractivity contribution in [2.45, 2.75) is 26.2 Å². The molecule has 1 saturated heterocycles. The molecule has 0 saturated carbocycles. The quantitative estimate of drug-likeness (QED) is 0.483. The van der Waals surface area contributed by atoms with Gasteiger partial charge in [-0.25, -0.2) is 4.39 Å². The molecule has 170 valence electrons. The van der Waals surface area contributed by atoms with Crippen LogP contribution < -0.4 is 10.6 Å². The van der Waals surface area contributed by atoms with Crippen LogP contribution in [0, 0.1) is 28.8 Å². The zero-order chi connectivity index (χ0) is 23.1. The lowest BCUT2D eigenvalue weighted by Crippen LogP contribution is -2.43. The molecule has 8 nitrogen and oxygen atoms in total. The van der Waals surface area contributed by atoms with Crippen LogP contribution in [0.5, 0.6) is 0 Å². The minimum Gasteiger partial charge on any atom is -0.356 e. The number of piperidine rings is 1. The van der Waals surface area contributed by atoms with E-state index in [0.29, 0.717) is 44.5 Å². The number of amides is 2. The fraction of sp³-hybridized carbons (Fsp3) is 0.391. The zero-order valence-corrected chi connectivity index (χ0v) is 18.0. The number of rotatable bonds is 8. The highest BCUT2D eigenvalue weighted by Crippen LogP contribution is 2.25. The number of nitrogens with zero attached hydrogens (tertiary/aromatic N) is 2. The van der Waals surface area contributed by atoms with Crippen molar-refractivity contribution in [3.05, 3.63) is 69.5 Å². The maximum Gasteiger partial charge on any atom is 0.293 e. The molecule has 2 aromatic rings. The lowest BCUT2D eigenvalue weighted by Gasteiger charge is -2.30. The molecular formula is C23H27FN4O4. The molecule has 0 radical (unpaired) electrons. The molecule has 0 unspecified atom stereocenters. The van der Waals surface area contributed by atoms with Gasteiger partial charge in [-0.15, -0.1) is 0 Å². The van der Waals surface area contributed by atoms with E-state index in [9.17, 15) is 24.1 Å². The molecule has 9 heteroatoms. The predicted octanol–water partition coefficient (Wildman–Crippen LogP) is 3.05. The van der Waals surface area contributed by atoms with Gasteiger partial charge in [-0.3, -0.25) is 24.6 Å². The van der Waals surface area contributed by atoms with Crippen LogP contribution in [-0.2, 0) is 16.0 Å². The summed E-state index contributed by atoms with van der Waals surface area (Å²) in [7, 11) is 0. The standard InChI is InChI=1S/C23H27FN4O4/c1-16-6-7-20(21(14-16)28(31)32)26-22(29)15-27-12-9-18(10-13-27)23(30)25-11-8-17-4-2-3-5-19(17)24/h2-7,14,18H,8-13,15H2,1H3,(H,25,30)(H,26,29). The Morgan fingerprint density at radius 1 is 1.19 bits per heavy atom. The van der Waals surface area contributed by atoms with Gasteiger partial charge in [-0.1, -0.05) is 24.3 Å². The number of nitrogens with one attached hydrogen (secondary N) is 2. The molecule has 1 fully saturated rings. The van der Waals surface area contributed by atoms with Crippen LogP contribution in [-0.4, -0.2) is 47.8 Å². The van der Waals surface area contributed by atoms with E-state index in [1.54, 1.807) is 31.2 Å². The fourth-order valence-electron chi connectivity index (χ4n) is 3.81. The third-order valence-electron chi connectivity index (χ3n) is 5.60. The highest BCUT2D eigenvalue weighted by molar-refractivity contribution is 5.94. The second-order valence-corrected chi connectivity index (χ2v) is 8.01. The number of carbonyl (C=O) groups excluding carboxylic acids is 2. The third kappa shape index (κ3) is 6.34. The average Bonchev–Trinajstić information content (AvgIpc) is 2.76. The van der Waals surface area contributed by atoms with Crippen molar-refractivity contribution >= 4 is 23.2 Å². The van der Waals surface area contributed by atoms with Crippen LogP contribution in [0.25, 0.3) is 0 Å². The second kappa shape index (κ2) is 10.8. The summed E-state index contributed by atoms with van der Waals surface area (Å²) in [6.07, 6.45) is 1.66. The number of aryl methyl sites for hydroxylation is 1. The zero-order valence-electron chi connectivity index (χ0n) is 18.0. The number of carbonyl (C=O) groups is 2. The molecule has 0 bridgehead atoms. The topological polar surface area (TPSA) is 105 Å². The molecule has 32 heavy (non-hydrogen) atoms. The van der Waals surface area contributed by atoms with Crippen molar-refractivity contribution in [2.24, 2.45) is 5.92 Å². The van der Waals surface area contributed by atoms with Gasteiger partial charge in [-0.2, -0.15) is 0 Å². The molecule has 2 N–H and O–H groups in total. The van der Waals surface area contributed by atoms with Crippen LogP contribution in [0.2, 0.25) is 0 Å². The molecule has 0 atom stereocenters. The van der Waals surface area contributed by atoms with Crippen molar-refractivity contribution in [3.8, 4) is 0 Å². The monoisotopic (exact) mass is 442 g/mol. The molecule has 0 aliphatic carbocycles. The van der Waals surface area contributed by atoms with Crippen LogP contribution in [0.4, 0.5) is 15.8 Å². The molecular weight excluding hydrogens is 415 g/mol. The van der Waals surface area contributed by atoms with Gasteiger partial charge in [0, 0.05) is 18.5 Å². The Morgan fingerprint density at radius 2 is 1.91 bits per heavy atom. The van der Waals surface area contributed by atoms with Gasteiger partial charge in [0.2, 0.25) is 11.8 Å². The van der Waals surface area contributed by atoms with Crippen LogP contribution >= 0.6 is 0 Å². The SMILES string of the molecule is Cc1ccc(NC(=O)CN2CCC(C(=O)NCCc3ccccc3F)CC2)c([N+](=O)[O-])c1. The Balaban J connectivity index is 1.41. The Hall–Kier alpha value is -3.33. The van der Waals surface area contributed by atoms with Crippen LogP contribution in [0.15, 0.2) is 42.5 Å². The first-order valence-electron chi connectivity index (χ1n) is 10.6. The summed E-state index contributed by atoms with van der Waals surface area (Å²) in [6.45, 7) is 3.38. The lowest BCUT2D eigenvalue weighted by atomic mass is 9.96. The van der Waals surface area contributed by atoms with Gasteiger partial charge >= 0.3 is 0 Å². The summed E-state index contributed by atoms with van der Waals surface area (Å²) in [6, 6.07) is 11.2. The summed E-state index contributed by atoms with van der Waals surface area (Å²) in [5, 5.41) is 16.7. The number of hydrogen-bond donors (Lipinski definition) is 2. The molecule has 3 rings (SSSR count). The summed E-state index contributed by atoms with van der Waals surface area (Å²) >= 11 is 0. The molecule has 1 aliphatic rings. The second-order valence-electron chi connectivity index (χ2n) is 8.01. The van der Waals surface area contributed by atoms with Crippen molar-refractivity contribution < 1.29 is 18.9 Å². The number of anilines is 1. The first kappa shape index (κ1) is 23.3. The number of likely N-dealkylation sites (tertiary alicyclic amines) is 1. The lowest BCUT2D eigenvalue weighted by molar-refractivity contribution is -0.384. The van der Waals surface area contributed by atoms with Crippen LogP contribution in [0.1, 0.15) is 24.0 Å². The van der Waals surface area contributed by atoms with Gasteiger partial charge in [-0.05, 0) is 62.5 Å². The molecule has 2 amide bonds. The van der Waals surface area contributed by atoms with E-state index < -0.39 is 4.92 Å². The fourth-order valence-corrected chi connectivity index (χ4v) is 3.81. The number of nitro groups is 1. The van der Waals surface area contributed by atoms with E-state index in [0.717, 1.165) is 5.56 Å². The molecule has 0 spiro atoms. The molecule has 1 aliphatic heterocycles. The third-order valence-corrected chi connectivity index (χ3v) is 5.60. The van der Waals surface area contributed by atoms with E-state index >= 15 is 0 Å². The van der Waals surface area contributed by atoms with E-state index in [2.05, 4.69) is 10.6 Å². The summed E-state index contributed by atoms with van der Waals surface area (Å²) in [5.41, 5.74) is 1.35.